The number of methoxy groups -OCH3 is 1. The van der Waals surface area contributed by atoms with E-state index in [1.54, 1.807) is 13.8 Å². The predicted molar refractivity (Wildman–Crippen MR) is 65.8 cm³/mol. The molecule has 1 amide bonds. The summed E-state index contributed by atoms with van der Waals surface area (Å²) in [4.78, 5) is 22.4. The molecule has 0 fully saturated rings. The molecule has 0 saturated heterocycles. The number of nitrogens with zero attached hydrogens (tertiary/aromatic N) is 2. The SMILES string of the molecule is COC(=O)CCNC(=O)Cn1nc(C)c(N)c1C. The first kappa shape index (κ1) is 14.0. The van der Waals surface area contributed by atoms with Crippen LogP contribution in [0, 0.1) is 13.8 Å². The van der Waals surface area contributed by atoms with Gasteiger partial charge in [-0.1, -0.05) is 0 Å². The molecular formula is C11H18N4O3. The molecule has 0 atom stereocenters. The molecule has 0 spiro atoms. The molecule has 0 aliphatic carbocycles. The number of hydrogen-bond acceptors (Lipinski definition) is 5. The highest BCUT2D eigenvalue weighted by molar-refractivity contribution is 5.77. The first-order valence-corrected chi connectivity index (χ1v) is 5.58. The van der Waals surface area contributed by atoms with E-state index in [-0.39, 0.29) is 31.4 Å². The van der Waals surface area contributed by atoms with Crippen LogP contribution in [0.2, 0.25) is 0 Å². The Kier molecular flexibility index (Phi) is 4.70. The lowest BCUT2D eigenvalue weighted by Crippen LogP contribution is -2.30. The van der Waals surface area contributed by atoms with Crippen molar-refractivity contribution in [3.63, 3.8) is 0 Å². The van der Waals surface area contributed by atoms with E-state index < -0.39 is 0 Å². The molecule has 0 aromatic carbocycles. The minimum atomic E-state index is -0.356. The van der Waals surface area contributed by atoms with Crippen LogP contribution in [0.5, 0.6) is 0 Å². The average Bonchev–Trinajstić information content (AvgIpc) is 2.56. The second-order valence-electron chi connectivity index (χ2n) is 3.92. The highest BCUT2D eigenvalue weighted by Gasteiger charge is 2.11. The van der Waals surface area contributed by atoms with E-state index in [0.717, 1.165) is 5.69 Å². The minimum absolute atomic E-state index is 0.0883. The lowest BCUT2D eigenvalue weighted by Gasteiger charge is -2.06. The zero-order valence-corrected chi connectivity index (χ0v) is 10.8. The van der Waals surface area contributed by atoms with Crippen molar-refractivity contribution in [2.45, 2.75) is 26.8 Å². The first-order chi connectivity index (χ1) is 8.45. The van der Waals surface area contributed by atoms with Gasteiger partial charge in [-0.25, -0.2) is 0 Å². The summed E-state index contributed by atoms with van der Waals surface area (Å²) in [5.41, 5.74) is 7.82. The molecule has 1 aromatic rings. The normalized spacial score (nSPS) is 10.2. The molecule has 7 nitrogen and oxygen atoms in total. The van der Waals surface area contributed by atoms with Gasteiger partial charge in [0, 0.05) is 6.54 Å². The third-order valence-electron chi connectivity index (χ3n) is 2.61. The van der Waals surface area contributed by atoms with E-state index in [1.807, 2.05) is 0 Å². The van der Waals surface area contributed by atoms with Crippen LogP contribution in [-0.4, -0.2) is 35.3 Å². The molecule has 0 bridgehead atoms. The molecule has 3 N–H and O–H groups in total. The Balaban J connectivity index is 2.45. The number of rotatable bonds is 5. The number of carbonyl (C=O) groups is 2. The van der Waals surface area contributed by atoms with Gasteiger partial charge in [0.2, 0.25) is 5.91 Å². The number of esters is 1. The van der Waals surface area contributed by atoms with E-state index in [0.29, 0.717) is 11.4 Å². The third-order valence-corrected chi connectivity index (χ3v) is 2.61. The fourth-order valence-electron chi connectivity index (χ4n) is 1.46. The molecule has 100 valence electrons. The van der Waals surface area contributed by atoms with Crippen molar-refractivity contribution < 1.29 is 14.3 Å². The Hall–Kier alpha value is -2.05. The van der Waals surface area contributed by atoms with Gasteiger partial charge < -0.3 is 15.8 Å². The molecule has 7 heteroatoms. The zero-order chi connectivity index (χ0) is 13.7. The van der Waals surface area contributed by atoms with Crippen LogP contribution in [-0.2, 0) is 20.9 Å². The van der Waals surface area contributed by atoms with Crippen LogP contribution < -0.4 is 11.1 Å². The number of nitrogen functional groups attached to an aromatic ring is 1. The minimum Gasteiger partial charge on any atom is -0.469 e. The smallest absolute Gasteiger partial charge is 0.307 e. The van der Waals surface area contributed by atoms with Gasteiger partial charge in [0.1, 0.15) is 6.54 Å². The lowest BCUT2D eigenvalue weighted by molar-refractivity contribution is -0.140. The predicted octanol–water partition coefficient (Wildman–Crippen LogP) is -0.239. The van der Waals surface area contributed by atoms with Crippen LogP contribution in [0.4, 0.5) is 5.69 Å². The second-order valence-corrected chi connectivity index (χ2v) is 3.92. The first-order valence-electron chi connectivity index (χ1n) is 5.58. The Bertz CT molecular complexity index is 453. The van der Waals surface area contributed by atoms with E-state index in [9.17, 15) is 9.59 Å². The van der Waals surface area contributed by atoms with Crippen LogP contribution in [0.25, 0.3) is 0 Å². The number of amides is 1. The largest absolute Gasteiger partial charge is 0.469 e. The molecule has 0 saturated carbocycles. The van der Waals surface area contributed by atoms with Crippen molar-refractivity contribution in [2.75, 3.05) is 19.4 Å². The standard InChI is InChI=1S/C11H18N4O3/c1-7-11(12)8(2)15(14-7)6-9(16)13-5-4-10(17)18-3/h4-6,12H2,1-3H3,(H,13,16). The number of anilines is 1. The van der Waals surface area contributed by atoms with Gasteiger partial charge in [-0.15, -0.1) is 0 Å². The summed E-state index contributed by atoms with van der Waals surface area (Å²) in [6.07, 6.45) is 0.154. The highest BCUT2D eigenvalue weighted by Crippen LogP contribution is 2.14. The van der Waals surface area contributed by atoms with Crippen molar-refractivity contribution in [3.8, 4) is 0 Å². The number of nitrogens with one attached hydrogen (secondary N) is 1. The summed E-state index contributed by atoms with van der Waals surface area (Å²) in [6, 6.07) is 0. The summed E-state index contributed by atoms with van der Waals surface area (Å²) in [7, 11) is 1.31. The van der Waals surface area contributed by atoms with E-state index >= 15 is 0 Å². The fourth-order valence-corrected chi connectivity index (χ4v) is 1.46. The zero-order valence-electron chi connectivity index (χ0n) is 10.8. The summed E-state index contributed by atoms with van der Waals surface area (Å²) in [6.45, 7) is 3.93. The second kappa shape index (κ2) is 6.04. The van der Waals surface area contributed by atoms with Crippen molar-refractivity contribution in [1.82, 2.24) is 15.1 Å². The molecule has 1 aromatic heterocycles. The maximum atomic E-state index is 11.6. The van der Waals surface area contributed by atoms with Crippen molar-refractivity contribution in [1.29, 1.82) is 0 Å². The molecule has 0 unspecified atom stereocenters. The Morgan fingerprint density at radius 2 is 2.11 bits per heavy atom. The fraction of sp³-hybridized carbons (Fsp3) is 0.545. The number of aryl methyl sites for hydroxylation is 1. The molecule has 18 heavy (non-hydrogen) atoms. The van der Waals surface area contributed by atoms with Gasteiger partial charge in [0.05, 0.1) is 30.6 Å². The molecular weight excluding hydrogens is 236 g/mol. The molecule has 1 heterocycles. The van der Waals surface area contributed by atoms with Gasteiger partial charge in [-0.2, -0.15) is 5.10 Å². The summed E-state index contributed by atoms with van der Waals surface area (Å²) < 4.78 is 6.00. The number of carbonyl (C=O) groups excluding carboxylic acids is 2. The van der Waals surface area contributed by atoms with Gasteiger partial charge >= 0.3 is 5.97 Å². The van der Waals surface area contributed by atoms with Gasteiger partial charge in [0.25, 0.3) is 0 Å². The number of nitrogens with two attached hydrogens (primary N) is 1. The van der Waals surface area contributed by atoms with E-state index in [1.165, 1.54) is 11.8 Å². The Morgan fingerprint density at radius 1 is 1.44 bits per heavy atom. The number of ether oxygens (including phenoxy) is 1. The van der Waals surface area contributed by atoms with Crippen LogP contribution in [0.1, 0.15) is 17.8 Å². The monoisotopic (exact) mass is 254 g/mol. The lowest BCUT2D eigenvalue weighted by atomic mass is 10.3. The number of aromatic nitrogens is 2. The highest BCUT2D eigenvalue weighted by atomic mass is 16.5. The summed E-state index contributed by atoms with van der Waals surface area (Å²) >= 11 is 0. The average molecular weight is 254 g/mol. The Morgan fingerprint density at radius 3 is 2.61 bits per heavy atom. The van der Waals surface area contributed by atoms with Crippen LogP contribution >= 0.6 is 0 Å². The van der Waals surface area contributed by atoms with Crippen molar-refractivity contribution >= 4 is 17.6 Å². The van der Waals surface area contributed by atoms with Gasteiger partial charge in [-0.3, -0.25) is 14.3 Å². The van der Waals surface area contributed by atoms with Gasteiger partial charge in [-0.05, 0) is 13.8 Å². The van der Waals surface area contributed by atoms with Crippen LogP contribution in [0.3, 0.4) is 0 Å². The molecule has 0 aliphatic heterocycles. The van der Waals surface area contributed by atoms with E-state index in [4.69, 9.17) is 5.73 Å². The molecule has 1 rings (SSSR count). The summed E-state index contributed by atoms with van der Waals surface area (Å²) in [5, 5.41) is 6.76. The van der Waals surface area contributed by atoms with Crippen LogP contribution in [0.15, 0.2) is 0 Å². The summed E-state index contributed by atoms with van der Waals surface area (Å²) in [5.74, 6) is -0.574. The van der Waals surface area contributed by atoms with Crippen molar-refractivity contribution in [3.05, 3.63) is 11.4 Å². The van der Waals surface area contributed by atoms with Crippen molar-refractivity contribution in [2.24, 2.45) is 0 Å². The maximum absolute atomic E-state index is 11.6. The number of hydrogen-bond donors (Lipinski definition) is 2. The quantitative estimate of drug-likeness (QED) is 0.706. The molecule has 0 aliphatic rings. The third kappa shape index (κ3) is 3.47. The maximum Gasteiger partial charge on any atom is 0.307 e. The molecule has 0 radical (unpaired) electrons. The van der Waals surface area contributed by atoms with Gasteiger partial charge in [0.15, 0.2) is 0 Å². The Labute approximate surface area is 105 Å². The topological polar surface area (TPSA) is 99.2 Å². The van der Waals surface area contributed by atoms with E-state index in [2.05, 4.69) is 15.2 Å².